The highest BCUT2D eigenvalue weighted by Gasteiger charge is 2.08. The Morgan fingerprint density at radius 1 is 1.58 bits per heavy atom. The van der Waals surface area contributed by atoms with Crippen LogP contribution in [0, 0.1) is 0 Å². The van der Waals surface area contributed by atoms with Crippen molar-refractivity contribution in [3.63, 3.8) is 0 Å². The standard InChI is InChI=1S/C7H14N4S/c1-5(8)4-6-9-10-7(12-3)11(6)2/h5H,4,8H2,1-3H3. The Morgan fingerprint density at radius 2 is 2.25 bits per heavy atom. The van der Waals surface area contributed by atoms with E-state index in [-0.39, 0.29) is 6.04 Å². The molecule has 0 aromatic carbocycles. The summed E-state index contributed by atoms with van der Waals surface area (Å²) in [6.45, 7) is 1.97. The van der Waals surface area contributed by atoms with Gasteiger partial charge in [-0.3, -0.25) is 0 Å². The average Bonchev–Trinajstić information content (AvgIpc) is 2.32. The molecule has 0 aliphatic carbocycles. The summed E-state index contributed by atoms with van der Waals surface area (Å²) in [5.74, 6) is 0.953. The lowest BCUT2D eigenvalue weighted by atomic mass is 10.2. The molecule has 1 atom stereocenters. The van der Waals surface area contributed by atoms with Crippen molar-refractivity contribution < 1.29 is 0 Å². The highest BCUT2D eigenvalue weighted by atomic mass is 32.2. The predicted octanol–water partition coefficient (Wildman–Crippen LogP) is 0.427. The minimum Gasteiger partial charge on any atom is -0.328 e. The van der Waals surface area contributed by atoms with Crippen molar-refractivity contribution in [2.24, 2.45) is 12.8 Å². The van der Waals surface area contributed by atoms with Crippen LogP contribution in [0.4, 0.5) is 0 Å². The van der Waals surface area contributed by atoms with Crippen molar-refractivity contribution >= 4 is 11.8 Å². The van der Waals surface area contributed by atoms with E-state index < -0.39 is 0 Å². The molecule has 0 saturated carbocycles. The van der Waals surface area contributed by atoms with Crippen LogP contribution < -0.4 is 5.73 Å². The Hall–Kier alpha value is -0.550. The van der Waals surface area contributed by atoms with Crippen LogP contribution in [0.2, 0.25) is 0 Å². The van der Waals surface area contributed by atoms with E-state index in [4.69, 9.17) is 5.73 Å². The van der Waals surface area contributed by atoms with Gasteiger partial charge in [0.15, 0.2) is 5.16 Å². The number of aromatic nitrogens is 3. The monoisotopic (exact) mass is 186 g/mol. The molecule has 1 aromatic heterocycles. The maximum absolute atomic E-state index is 5.66. The SMILES string of the molecule is CSc1nnc(CC(C)N)n1C. The molecule has 4 nitrogen and oxygen atoms in total. The number of nitrogens with two attached hydrogens (primary N) is 1. The van der Waals surface area contributed by atoms with Crippen molar-refractivity contribution in [3.8, 4) is 0 Å². The maximum Gasteiger partial charge on any atom is 0.190 e. The predicted molar refractivity (Wildman–Crippen MR) is 50.1 cm³/mol. The third-order valence-electron chi connectivity index (χ3n) is 1.61. The molecule has 68 valence electrons. The minimum absolute atomic E-state index is 0.141. The van der Waals surface area contributed by atoms with E-state index in [9.17, 15) is 0 Å². The van der Waals surface area contributed by atoms with Gasteiger partial charge in [-0.1, -0.05) is 11.8 Å². The molecular formula is C7H14N4S. The van der Waals surface area contributed by atoms with Crippen molar-refractivity contribution in [1.29, 1.82) is 0 Å². The summed E-state index contributed by atoms with van der Waals surface area (Å²) in [6.07, 6.45) is 2.77. The Balaban J connectivity index is 2.80. The molecule has 0 aliphatic heterocycles. The summed E-state index contributed by atoms with van der Waals surface area (Å²) in [5.41, 5.74) is 5.66. The van der Waals surface area contributed by atoms with Gasteiger partial charge in [0.1, 0.15) is 5.82 Å². The Kier molecular flexibility index (Phi) is 3.11. The number of hydrogen-bond donors (Lipinski definition) is 1. The normalized spacial score (nSPS) is 13.3. The number of thioether (sulfide) groups is 1. The van der Waals surface area contributed by atoms with Gasteiger partial charge in [-0.05, 0) is 13.2 Å². The van der Waals surface area contributed by atoms with E-state index in [0.717, 1.165) is 17.4 Å². The van der Waals surface area contributed by atoms with Gasteiger partial charge in [-0.25, -0.2) is 0 Å². The third-order valence-corrected chi connectivity index (χ3v) is 2.33. The topological polar surface area (TPSA) is 56.7 Å². The van der Waals surface area contributed by atoms with Crippen molar-refractivity contribution in [3.05, 3.63) is 5.82 Å². The van der Waals surface area contributed by atoms with Gasteiger partial charge in [-0.15, -0.1) is 10.2 Å². The van der Waals surface area contributed by atoms with Gasteiger partial charge in [0.2, 0.25) is 0 Å². The van der Waals surface area contributed by atoms with Crippen molar-refractivity contribution in [2.75, 3.05) is 6.26 Å². The van der Waals surface area contributed by atoms with Crippen LogP contribution in [-0.4, -0.2) is 27.1 Å². The summed E-state index contributed by atoms with van der Waals surface area (Å²) in [4.78, 5) is 0. The molecule has 0 bridgehead atoms. The van der Waals surface area contributed by atoms with E-state index in [0.29, 0.717) is 0 Å². The van der Waals surface area contributed by atoms with Crippen LogP contribution >= 0.6 is 11.8 Å². The zero-order chi connectivity index (χ0) is 9.14. The first-order chi connectivity index (χ1) is 5.65. The van der Waals surface area contributed by atoms with Crippen molar-refractivity contribution in [1.82, 2.24) is 14.8 Å². The average molecular weight is 186 g/mol. The Morgan fingerprint density at radius 3 is 2.67 bits per heavy atom. The minimum atomic E-state index is 0.141. The van der Waals surface area contributed by atoms with Crippen LogP contribution in [0.1, 0.15) is 12.7 Å². The van der Waals surface area contributed by atoms with Crippen LogP contribution in [0.25, 0.3) is 0 Å². The molecule has 1 unspecified atom stereocenters. The van der Waals surface area contributed by atoms with E-state index in [1.807, 2.05) is 24.8 Å². The molecule has 1 rings (SSSR count). The molecule has 0 spiro atoms. The molecule has 1 heterocycles. The highest BCUT2D eigenvalue weighted by Crippen LogP contribution is 2.11. The molecule has 5 heteroatoms. The highest BCUT2D eigenvalue weighted by molar-refractivity contribution is 7.98. The first-order valence-corrected chi connectivity index (χ1v) is 5.05. The molecule has 0 radical (unpaired) electrons. The largest absolute Gasteiger partial charge is 0.328 e. The molecule has 0 amide bonds. The van der Waals surface area contributed by atoms with Gasteiger partial charge in [0.05, 0.1) is 0 Å². The summed E-state index contributed by atoms with van der Waals surface area (Å²) in [7, 11) is 1.96. The Bertz CT molecular complexity index is 256. The third kappa shape index (κ3) is 1.98. The summed E-state index contributed by atoms with van der Waals surface area (Å²) >= 11 is 1.59. The molecule has 0 saturated heterocycles. The fourth-order valence-corrected chi connectivity index (χ4v) is 1.49. The van der Waals surface area contributed by atoms with Crippen molar-refractivity contribution in [2.45, 2.75) is 24.5 Å². The second-order valence-electron chi connectivity index (χ2n) is 2.84. The molecule has 12 heavy (non-hydrogen) atoms. The van der Waals surface area contributed by atoms with Gasteiger partial charge >= 0.3 is 0 Å². The molecule has 1 aromatic rings. The van der Waals surface area contributed by atoms with E-state index in [1.165, 1.54) is 0 Å². The van der Waals surface area contributed by atoms with Gasteiger partial charge in [-0.2, -0.15) is 0 Å². The fraction of sp³-hybridized carbons (Fsp3) is 0.714. The van der Waals surface area contributed by atoms with Gasteiger partial charge in [0, 0.05) is 19.5 Å². The summed E-state index contributed by atoms with van der Waals surface area (Å²) in [5, 5.41) is 8.98. The molecular weight excluding hydrogens is 172 g/mol. The quantitative estimate of drug-likeness (QED) is 0.695. The van der Waals surface area contributed by atoms with Crippen LogP contribution in [0.15, 0.2) is 5.16 Å². The van der Waals surface area contributed by atoms with Crippen LogP contribution in [0.5, 0.6) is 0 Å². The zero-order valence-electron chi connectivity index (χ0n) is 7.61. The van der Waals surface area contributed by atoms with Gasteiger partial charge < -0.3 is 10.3 Å². The summed E-state index contributed by atoms with van der Waals surface area (Å²) < 4.78 is 1.98. The molecule has 0 aliphatic rings. The number of nitrogens with zero attached hydrogens (tertiary/aromatic N) is 3. The van der Waals surface area contributed by atoms with E-state index >= 15 is 0 Å². The van der Waals surface area contributed by atoms with Gasteiger partial charge in [0.25, 0.3) is 0 Å². The first kappa shape index (κ1) is 9.54. The lowest BCUT2D eigenvalue weighted by Crippen LogP contribution is -2.20. The zero-order valence-corrected chi connectivity index (χ0v) is 8.43. The lowest BCUT2D eigenvalue weighted by Gasteiger charge is -2.04. The van der Waals surface area contributed by atoms with Crippen LogP contribution in [0.3, 0.4) is 0 Å². The fourth-order valence-electron chi connectivity index (χ4n) is 0.989. The number of hydrogen-bond acceptors (Lipinski definition) is 4. The molecule has 0 fully saturated rings. The van der Waals surface area contributed by atoms with E-state index in [1.54, 1.807) is 11.8 Å². The summed E-state index contributed by atoms with van der Waals surface area (Å²) in [6, 6.07) is 0.141. The molecule has 2 N–H and O–H groups in total. The Labute approximate surface area is 76.5 Å². The maximum atomic E-state index is 5.66. The number of rotatable bonds is 3. The lowest BCUT2D eigenvalue weighted by molar-refractivity contribution is 0.655. The first-order valence-electron chi connectivity index (χ1n) is 3.83. The van der Waals surface area contributed by atoms with E-state index in [2.05, 4.69) is 10.2 Å². The van der Waals surface area contributed by atoms with Crippen LogP contribution in [-0.2, 0) is 13.5 Å². The smallest absolute Gasteiger partial charge is 0.190 e. The second kappa shape index (κ2) is 3.91. The second-order valence-corrected chi connectivity index (χ2v) is 3.62.